The monoisotopic (exact) mass is 227 g/mol. The van der Waals surface area contributed by atoms with Crippen LogP contribution >= 0.6 is 0 Å². The molecule has 0 radical (unpaired) electrons. The lowest BCUT2D eigenvalue weighted by Crippen LogP contribution is -2.45. The van der Waals surface area contributed by atoms with E-state index in [0.29, 0.717) is 6.04 Å². The van der Waals surface area contributed by atoms with E-state index < -0.39 is 0 Å². The summed E-state index contributed by atoms with van der Waals surface area (Å²) in [6, 6.07) is 0.661. The highest BCUT2D eigenvalue weighted by atomic mass is 15.2. The molecule has 2 unspecified atom stereocenters. The first-order valence-corrected chi connectivity index (χ1v) is 6.60. The van der Waals surface area contributed by atoms with E-state index in [1.54, 1.807) is 0 Å². The fourth-order valence-electron chi connectivity index (χ4n) is 2.77. The van der Waals surface area contributed by atoms with Crippen LogP contribution in [0.2, 0.25) is 0 Å². The second kappa shape index (κ2) is 6.58. The second-order valence-electron chi connectivity index (χ2n) is 5.87. The quantitative estimate of drug-likeness (QED) is 0.776. The zero-order valence-corrected chi connectivity index (χ0v) is 11.7. The van der Waals surface area contributed by atoms with Crippen LogP contribution in [0.3, 0.4) is 0 Å². The van der Waals surface area contributed by atoms with Crippen molar-refractivity contribution in [3.05, 3.63) is 0 Å². The van der Waals surface area contributed by atoms with E-state index in [1.165, 1.54) is 26.2 Å². The van der Waals surface area contributed by atoms with Crippen molar-refractivity contribution in [2.75, 3.05) is 46.8 Å². The summed E-state index contributed by atoms with van der Waals surface area (Å²) >= 11 is 0. The van der Waals surface area contributed by atoms with Crippen molar-refractivity contribution in [2.45, 2.75) is 26.8 Å². The molecule has 0 amide bonds. The van der Waals surface area contributed by atoms with Crippen LogP contribution < -0.4 is 5.32 Å². The van der Waals surface area contributed by atoms with E-state index in [9.17, 15) is 0 Å². The maximum absolute atomic E-state index is 3.32. The van der Waals surface area contributed by atoms with Crippen LogP contribution in [0, 0.1) is 11.8 Å². The molecule has 16 heavy (non-hydrogen) atoms. The molecule has 3 nitrogen and oxygen atoms in total. The normalized spacial score (nSPS) is 29.6. The summed E-state index contributed by atoms with van der Waals surface area (Å²) in [5.41, 5.74) is 0. The topological polar surface area (TPSA) is 18.5 Å². The number of nitrogens with zero attached hydrogens (tertiary/aromatic N) is 2. The molecule has 1 aliphatic rings. The summed E-state index contributed by atoms with van der Waals surface area (Å²) in [4.78, 5) is 5.16. The largest absolute Gasteiger partial charge is 0.318 e. The molecule has 1 N–H and O–H groups in total. The van der Waals surface area contributed by atoms with Gasteiger partial charge >= 0.3 is 0 Å². The van der Waals surface area contributed by atoms with E-state index in [0.717, 1.165) is 18.4 Å². The third-order valence-corrected chi connectivity index (χ3v) is 3.32. The van der Waals surface area contributed by atoms with Gasteiger partial charge in [-0.05, 0) is 25.9 Å². The van der Waals surface area contributed by atoms with Crippen molar-refractivity contribution in [3.8, 4) is 0 Å². The van der Waals surface area contributed by atoms with Gasteiger partial charge in [-0.25, -0.2) is 0 Å². The minimum atomic E-state index is 0.661. The van der Waals surface area contributed by atoms with Crippen LogP contribution in [-0.2, 0) is 0 Å². The summed E-state index contributed by atoms with van der Waals surface area (Å²) in [5, 5.41) is 3.32. The molecule has 96 valence electrons. The molecule has 1 saturated heterocycles. The Morgan fingerprint density at radius 2 is 1.94 bits per heavy atom. The summed E-state index contributed by atoms with van der Waals surface area (Å²) in [6.07, 6.45) is 0. The van der Waals surface area contributed by atoms with Crippen LogP contribution in [-0.4, -0.2) is 62.7 Å². The van der Waals surface area contributed by atoms with Crippen LogP contribution in [0.4, 0.5) is 0 Å². The third-order valence-electron chi connectivity index (χ3n) is 3.32. The van der Waals surface area contributed by atoms with Crippen molar-refractivity contribution in [1.29, 1.82) is 0 Å². The van der Waals surface area contributed by atoms with E-state index in [-0.39, 0.29) is 0 Å². The highest BCUT2D eigenvalue weighted by Crippen LogP contribution is 2.13. The van der Waals surface area contributed by atoms with Gasteiger partial charge in [-0.15, -0.1) is 0 Å². The van der Waals surface area contributed by atoms with Crippen molar-refractivity contribution < 1.29 is 0 Å². The summed E-state index contributed by atoms with van der Waals surface area (Å²) in [5.74, 6) is 1.55. The zero-order valence-electron chi connectivity index (χ0n) is 11.7. The first-order chi connectivity index (χ1) is 7.52. The molecule has 1 heterocycles. The second-order valence-corrected chi connectivity index (χ2v) is 5.87. The van der Waals surface area contributed by atoms with Gasteiger partial charge in [0.2, 0.25) is 0 Å². The molecule has 0 saturated carbocycles. The molecule has 3 heteroatoms. The van der Waals surface area contributed by atoms with E-state index in [4.69, 9.17) is 0 Å². The Morgan fingerprint density at radius 3 is 2.50 bits per heavy atom. The SMILES string of the molecule is CNCC1CN(CC(C)C)CC(C)CN1C. The Bertz CT molecular complexity index is 194. The van der Waals surface area contributed by atoms with E-state index >= 15 is 0 Å². The highest BCUT2D eigenvalue weighted by Gasteiger charge is 2.25. The van der Waals surface area contributed by atoms with Gasteiger partial charge in [0.15, 0.2) is 0 Å². The lowest BCUT2D eigenvalue weighted by atomic mass is 10.1. The van der Waals surface area contributed by atoms with Gasteiger partial charge in [-0.2, -0.15) is 0 Å². The van der Waals surface area contributed by atoms with E-state index in [1.807, 2.05) is 0 Å². The predicted molar refractivity (Wildman–Crippen MR) is 70.8 cm³/mol. The van der Waals surface area contributed by atoms with Crippen LogP contribution in [0.15, 0.2) is 0 Å². The van der Waals surface area contributed by atoms with Gasteiger partial charge in [0.25, 0.3) is 0 Å². The number of hydrogen-bond acceptors (Lipinski definition) is 3. The number of likely N-dealkylation sites (N-methyl/N-ethyl adjacent to an activating group) is 2. The maximum atomic E-state index is 3.32. The summed E-state index contributed by atoms with van der Waals surface area (Å²) in [7, 11) is 4.31. The predicted octanol–water partition coefficient (Wildman–Crippen LogP) is 1.11. The molecule has 1 aliphatic heterocycles. The molecule has 1 fully saturated rings. The molecule has 0 aromatic rings. The molecule has 0 bridgehead atoms. The minimum absolute atomic E-state index is 0.661. The molecule has 0 spiro atoms. The zero-order chi connectivity index (χ0) is 12.1. The average molecular weight is 227 g/mol. The third kappa shape index (κ3) is 4.40. The number of rotatable bonds is 4. The molecule has 0 aliphatic carbocycles. The van der Waals surface area contributed by atoms with Gasteiger partial charge < -0.3 is 15.1 Å². The Kier molecular flexibility index (Phi) is 5.73. The summed E-state index contributed by atoms with van der Waals surface area (Å²) in [6.45, 7) is 13.0. The molecule has 0 aromatic carbocycles. The highest BCUT2D eigenvalue weighted by molar-refractivity contribution is 4.82. The Hall–Kier alpha value is -0.120. The van der Waals surface area contributed by atoms with Crippen LogP contribution in [0.5, 0.6) is 0 Å². The maximum Gasteiger partial charge on any atom is 0.0344 e. The van der Waals surface area contributed by atoms with Crippen LogP contribution in [0.1, 0.15) is 20.8 Å². The van der Waals surface area contributed by atoms with Gasteiger partial charge in [0.1, 0.15) is 0 Å². The smallest absolute Gasteiger partial charge is 0.0344 e. The molecular formula is C13H29N3. The Morgan fingerprint density at radius 1 is 1.25 bits per heavy atom. The van der Waals surface area contributed by atoms with Crippen molar-refractivity contribution in [1.82, 2.24) is 15.1 Å². The standard InChI is InChI=1S/C13H29N3/c1-11(2)7-16-9-12(3)8-15(5)13(10-16)6-14-4/h11-14H,6-10H2,1-5H3. The minimum Gasteiger partial charge on any atom is -0.318 e. The Labute approximate surface area is 101 Å². The van der Waals surface area contributed by atoms with Gasteiger partial charge in [-0.1, -0.05) is 20.8 Å². The van der Waals surface area contributed by atoms with Crippen molar-refractivity contribution in [3.63, 3.8) is 0 Å². The average Bonchev–Trinajstić information content (AvgIpc) is 2.26. The van der Waals surface area contributed by atoms with Crippen LogP contribution in [0.25, 0.3) is 0 Å². The first kappa shape index (κ1) is 13.9. The molecular weight excluding hydrogens is 198 g/mol. The lowest BCUT2D eigenvalue weighted by Gasteiger charge is -2.29. The molecule has 0 aromatic heterocycles. The lowest BCUT2D eigenvalue weighted by molar-refractivity contribution is 0.193. The number of nitrogens with one attached hydrogen (secondary N) is 1. The van der Waals surface area contributed by atoms with Gasteiger partial charge in [0, 0.05) is 38.8 Å². The fraction of sp³-hybridized carbons (Fsp3) is 1.00. The molecule has 1 rings (SSSR count). The number of hydrogen-bond donors (Lipinski definition) is 1. The summed E-state index contributed by atoms with van der Waals surface area (Å²) < 4.78 is 0. The molecule has 2 atom stereocenters. The van der Waals surface area contributed by atoms with Crippen molar-refractivity contribution in [2.24, 2.45) is 11.8 Å². The Balaban J connectivity index is 2.58. The first-order valence-electron chi connectivity index (χ1n) is 6.60. The van der Waals surface area contributed by atoms with Gasteiger partial charge in [-0.3, -0.25) is 0 Å². The fourth-order valence-corrected chi connectivity index (χ4v) is 2.77. The van der Waals surface area contributed by atoms with Crippen molar-refractivity contribution >= 4 is 0 Å². The van der Waals surface area contributed by atoms with E-state index in [2.05, 4.69) is 50.0 Å². The van der Waals surface area contributed by atoms with Gasteiger partial charge in [0.05, 0.1) is 0 Å².